The summed E-state index contributed by atoms with van der Waals surface area (Å²) in [7, 11) is 1.68. The van der Waals surface area contributed by atoms with Crippen molar-refractivity contribution in [1.82, 2.24) is 15.1 Å². The second kappa shape index (κ2) is 5.78. The molecule has 0 aliphatic carbocycles. The van der Waals surface area contributed by atoms with Crippen LogP contribution in [0.1, 0.15) is 20.9 Å². The molecule has 0 spiro atoms. The van der Waals surface area contributed by atoms with Crippen LogP contribution in [0, 0.1) is 11.3 Å². The maximum absolute atomic E-state index is 12.0. The van der Waals surface area contributed by atoms with Crippen LogP contribution in [0.2, 0.25) is 4.47 Å². The maximum Gasteiger partial charge on any atom is 0.284 e. The number of hydrogen-bond donors (Lipinski definition) is 0. The number of nitrogens with zero attached hydrogens (tertiary/aromatic N) is 4. The van der Waals surface area contributed by atoms with Gasteiger partial charge in [-0.1, -0.05) is 23.5 Å². The first-order chi connectivity index (χ1) is 9.10. The molecule has 0 saturated heterocycles. The highest BCUT2D eigenvalue weighted by Gasteiger charge is 2.16. The normalized spacial score (nSPS) is 9.95. The van der Waals surface area contributed by atoms with E-state index in [1.165, 1.54) is 4.90 Å². The fourth-order valence-electron chi connectivity index (χ4n) is 1.49. The van der Waals surface area contributed by atoms with Gasteiger partial charge in [0.2, 0.25) is 9.47 Å². The van der Waals surface area contributed by atoms with Gasteiger partial charge in [-0.2, -0.15) is 5.26 Å². The predicted molar refractivity (Wildman–Crippen MR) is 71.9 cm³/mol. The molecule has 2 rings (SSSR count). The number of carbonyl (C=O) groups excluding carboxylic acids is 1. The maximum atomic E-state index is 12.0. The number of rotatable bonds is 3. The molecule has 0 bridgehead atoms. The second-order valence-corrected chi connectivity index (χ2v) is 5.39. The molecule has 0 aliphatic rings. The molecule has 0 aliphatic heterocycles. The van der Waals surface area contributed by atoms with E-state index in [1.807, 2.05) is 18.2 Å². The van der Waals surface area contributed by atoms with E-state index in [-0.39, 0.29) is 15.4 Å². The van der Waals surface area contributed by atoms with Crippen LogP contribution >= 0.6 is 22.9 Å². The number of benzene rings is 1. The van der Waals surface area contributed by atoms with Gasteiger partial charge in [0, 0.05) is 13.6 Å². The topological polar surface area (TPSA) is 69.9 Å². The smallest absolute Gasteiger partial charge is 0.284 e. The van der Waals surface area contributed by atoms with Crippen molar-refractivity contribution >= 4 is 28.8 Å². The summed E-state index contributed by atoms with van der Waals surface area (Å²) in [6.45, 7) is 0.432. The van der Waals surface area contributed by atoms with Crippen LogP contribution < -0.4 is 0 Å². The minimum Gasteiger partial charge on any atom is -0.335 e. The molecule has 1 amide bonds. The molecule has 0 radical (unpaired) electrons. The minimum absolute atomic E-state index is 0.228. The summed E-state index contributed by atoms with van der Waals surface area (Å²) in [6, 6.07) is 9.11. The lowest BCUT2D eigenvalue weighted by atomic mass is 10.1. The Morgan fingerprint density at radius 3 is 2.63 bits per heavy atom. The van der Waals surface area contributed by atoms with Crippen LogP contribution in [0.25, 0.3) is 0 Å². The van der Waals surface area contributed by atoms with Crippen molar-refractivity contribution in [2.75, 3.05) is 7.05 Å². The Balaban J connectivity index is 2.06. The summed E-state index contributed by atoms with van der Waals surface area (Å²) in [6.07, 6.45) is 0. The zero-order valence-corrected chi connectivity index (χ0v) is 11.6. The van der Waals surface area contributed by atoms with Crippen molar-refractivity contribution in [2.45, 2.75) is 6.54 Å². The van der Waals surface area contributed by atoms with E-state index in [0.717, 1.165) is 16.9 Å². The van der Waals surface area contributed by atoms with Gasteiger partial charge in [-0.3, -0.25) is 4.79 Å². The lowest BCUT2D eigenvalue weighted by Gasteiger charge is -2.15. The van der Waals surface area contributed by atoms with Crippen molar-refractivity contribution in [3.63, 3.8) is 0 Å². The van der Waals surface area contributed by atoms with Gasteiger partial charge in [-0.05, 0) is 29.3 Å². The third kappa shape index (κ3) is 3.28. The molecule has 0 N–H and O–H groups in total. The molecule has 1 aromatic heterocycles. The summed E-state index contributed by atoms with van der Waals surface area (Å²) < 4.78 is 0.245. The zero-order chi connectivity index (χ0) is 13.8. The van der Waals surface area contributed by atoms with E-state index in [2.05, 4.69) is 10.2 Å². The van der Waals surface area contributed by atoms with Gasteiger partial charge in [0.15, 0.2) is 0 Å². The van der Waals surface area contributed by atoms with Gasteiger partial charge in [-0.15, -0.1) is 10.2 Å². The first-order valence-corrected chi connectivity index (χ1v) is 6.53. The second-order valence-electron chi connectivity index (χ2n) is 3.83. The molecular formula is C12H9ClN4OS. The number of aromatic nitrogens is 2. The Kier molecular flexibility index (Phi) is 4.10. The highest BCUT2D eigenvalue weighted by atomic mass is 35.5. The highest BCUT2D eigenvalue weighted by Crippen LogP contribution is 2.17. The minimum atomic E-state index is -0.228. The van der Waals surface area contributed by atoms with Crippen LogP contribution in [0.3, 0.4) is 0 Å². The van der Waals surface area contributed by atoms with Crippen LogP contribution in [0.15, 0.2) is 24.3 Å². The van der Waals surface area contributed by atoms with Gasteiger partial charge in [0.05, 0.1) is 11.6 Å². The number of halogens is 1. The van der Waals surface area contributed by atoms with Crippen molar-refractivity contribution < 1.29 is 4.79 Å². The summed E-state index contributed by atoms with van der Waals surface area (Å²) in [5.41, 5.74) is 1.53. The van der Waals surface area contributed by atoms with Crippen LogP contribution in [-0.4, -0.2) is 28.1 Å². The van der Waals surface area contributed by atoms with E-state index in [4.69, 9.17) is 16.9 Å². The van der Waals surface area contributed by atoms with Gasteiger partial charge in [0.1, 0.15) is 0 Å². The van der Waals surface area contributed by atoms with Crippen molar-refractivity contribution in [3.05, 3.63) is 44.9 Å². The molecule has 2 aromatic rings. The largest absolute Gasteiger partial charge is 0.335 e. The summed E-state index contributed by atoms with van der Waals surface area (Å²) in [5, 5.41) is 16.3. The lowest BCUT2D eigenvalue weighted by molar-refractivity contribution is 0.0784. The third-order valence-corrected chi connectivity index (χ3v) is 3.44. The molecule has 7 heteroatoms. The third-order valence-electron chi connectivity index (χ3n) is 2.43. The van der Waals surface area contributed by atoms with Gasteiger partial charge >= 0.3 is 0 Å². The van der Waals surface area contributed by atoms with Crippen LogP contribution in [0.5, 0.6) is 0 Å². The van der Waals surface area contributed by atoms with Gasteiger partial charge < -0.3 is 4.90 Å². The Morgan fingerprint density at radius 1 is 1.42 bits per heavy atom. The van der Waals surface area contributed by atoms with E-state index >= 15 is 0 Å². The van der Waals surface area contributed by atoms with Gasteiger partial charge in [0.25, 0.3) is 5.91 Å². The van der Waals surface area contributed by atoms with Crippen molar-refractivity contribution in [2.24, 2.45) is 0 Å². The Labute approximate surface area is 119 Å². The molecule has 96 valence electrons. The average Bonchev–Trinajstić information content (AvgIpc) is 2.85. The number of amides is 1. The molecule has 0 unspecified atom stereocenters. The molecule has 5 nitrogen and oxygen atoms in total. The van der Waals surface area contributed by atoms with Crippen molar-refractivity contribution in [1.29, 1.82) is 5.26 Å². The van der Waals surface area contributed by atoms with E-state index in [9.17, 15) is 4.79 Å². The predicted octanol–water partition coefficient (Wildman–Crippen LogP) is 2.34. The fraction of sp³-hybridized carbons (Fsp3) is 0.167. The standard InChI is InChI=1S/C12H9ClN4OS/c1-17(11(18)10-15-16-12(13)19-10)7-9-4-2-8(6-14)3-5-9/h2-5H,7H2,1H3. The molecule has 0 saturated carbocycles. The quantitative estimate of drug-likeness (QED) is 0.870. The van der Waals surface area contributed by atoms with E-state index < -0.39 is 0 Å². The summed E-state index contributed by atoms with van der Waals surface area (Å²) in [5.74, 6) is -0.228. The number of hydrogen-bond acceptors (Lipinski definition) is 5. The first kappa shape index (κ1) is 13.5. The fourth-order valence-corrected chi connectivity index (χ4v) is 2.31. The highest BCUT2D eigenvalue weighted by molar-refractivity contribution is 7.17. The van der Waals surface area contributed by atoms with Crippen molar-refractivity contribution in [3.8, 4) is 6.07 Å². The molecule has 19 heavy (non-hydrogen) atoms. The lowest BCUT2D eigenvalue weighted by Crippen LogP contribution is -2.26. The van der Waals surface area contributed by atoms with E-state index in [0.29, 0.717) is 12.1 Å². The van der Waals surface area contributed by atoms with Crippen LogP contribution in [0.4, 0.5) is 0 Å². The Morgan fingerprint density at radius 2 is 2.11 bits per heavy atom. The molecule has 0 fully saturated rings. The molecular weight excluding hydrogens is 284 g/mol. The monoisotopic (exact) mass is 292 g/mol. The van der Waals surface area contributed by atoms with Crippen LogP contribution in [-0.2, 0) is 6.54 Å². The van der Waals surface area contributed by atoms with E-state index in [1.54, 1.807) is 19.2 Å². The first-order valence-electron chi connectivity index (χ1n) is 5.33. The molecule has 1 heterocycles. The Bertz CT molecular complexity index is 632. The summed E-state index contributed by atoms with van der Waals surface area (Å²) in [4.78, 5) is 13.5. The number of carbonyl (C=O) groups is 1. The van der Waals surface area contributed by atoms with Gasteiger partial charge in [-0.25, -0.2) is 0 Å². The number of nitriles is 1. The molecule has 0 atom stereocenters. The SMILES string of the molecule is CN(Cc1ccc(C#N)cc1)C(=O)c1nnc(Cl)s1. The molecule has 1 aromatic carbocycles. The summed E-state index contributed by atoms with van der Waals surface area (Å²) >= 11 is 6.70. The average molecular weight is 293 g/mol. The zero-order valence-electron chi connectivity index (χ0n) is 10.00. The Hall–Kier alpha value is -1.97.